The topological polar surface area (TPSA) is 42.4 Å². The highest BCUT2D eigenvalue weighted by Crippen LogP contribution is 2.15. The first-order valence-electron chi connectivity index (χ1n) is 6.31. The van der Waals surface area contributed by atoms with Gasteiger partial charge in [-0.05, 0) is 52.3 Å². The fraction of sp³-hybridized carbons (Fsp3) is 0.200. The first-order valence-corrected chi connectivity index (χ1v) is 7.49. The number of nitrogens with zero attached hydrogens (tertiary/aromatic N) is 2. The van der Waals surface area contributed by atoms with Crippen LogP contribution in [0.4, 0.5) is 0 Å². The number of likely N-dealkylation sites (N-methyl/N-ethyl adjacent to an activating group) is 1. The molecule has 1 amide bonds. The minimum absolute atomic E-state index is 0.0715. The molecule has 6 heteroatoms. The molecule has 1 aromatic carbocycles. The molecular formula is C15H14BrClN2O2. The van der Waals surface area contributed by atoms with Crippen molar-refractivity contribution in [3.05, 3.63) is 57.8 Å². The molecule has 0 aliphatic rings. The Kier molecular flexibility index (Phi) is 5.59. The van der Waals surface area contributed by atoms with Crippen LogP contribution in [0.2, 0.25) is 5.02 Å². The summed E-state index contributed by atoms with van der Waals surface area (Å²) in [6, 6.07) is 10.5. The van der Waals surface area contributed by atoms with Crippen molar-refractivity contribution in [3.8, 4) is 5.75 Å². The molecule has 0 fully saturated rings. The van der Waals surface area contributed by atoms with Crippen molar-refractivity contribution in [2.45, 2.75) is 0 Å². The van der Waals surface area contributed by atoms with Gasteiger partial charge < -0.3 is 9.64 Å². The Morgan fingerprint density at radius 1 is 1.33 bits per heavy atom. The maximum atomic E-state index is 12.2. The maximum Gasteiger partial charge on any atom is 0.253 e. The third-order valence-electron chi connectivity index (χ3n) is 2.83. The van der Waals surface area contributed by atoms with E-state index in [2.05, 4.69) is 20.9 Å². The summed E-state index contributed by atoms with van der Waals surface area (Å²) in [5.41, 5.74) is 0.589. The van der Waals surface area contributed by atoms with Crippen molar-refractivity contribution in [1.29, 1.82) is 0 Å². The molecule has 0 unspecified atom stereocenters. The molecule has 110 valence electrons. The molecule has 0 bridgehead atoms. The quantitative estimate of drug-likeness (QED) is 0.756. The number of carbonyl (C=O) groups excluding carboxylic acids is 1. The van der Waals surface area contributed by atoms with Crippen LogP contribution in [-0.4, -0.2) is 36.0 Å². The summed E-state index contributed by atoms with van der Waals surface area (Å²) >= 11 is 9.05. The minimum atomic E-state index is -0.0715. The lowest BCUT2D eigenvalue weighted by molar-refractivity contribution is 0.0773. The van der Waals surface area contributed by atoms with E-state index in [1.165, 1.54) is 0 Å². The van der Waals surface area contributed by atoms with Crippen LogP contribution in [0.1, 0.15) is 10.4 Å². The van der Waals surface area contributed by atoms with Crippen LogP contribution in [0.5, 0.6) is 5.75 Å². The Bertz CT molecular complexity index is 619. The number of benzene rings is 1. The number of carbonyl (C=O) groups is 1. The molecule has 1 heterocycles. The van der Waals surface area contributed by atoms with E-state index in [9.17, 15) is 4.79 Å². The predicted molar refractivity (Wildman–Crippen MR) is 85.8 cm³/mol. The standard InChI is InChI=1S/C15H14BrClN2O2/c1-19(15(20)11-6-7-18-14(16)10-11)8-9-21-13-4-2-12(17)3-5-13/h2-7,10H,8-9H2,1H3. The Balaban J connectivity index is 1.85. The second kappa shape index (κ2) is 7.43. The third kappa shape index (κ3) is 4.72. The highest BCUT2D eigenvalue weighted by molar-refractivity contribution is 9.10. The van der Waals surface area contributed by atoms with Gasteiger partial charge in [0, 0.05) is 23.8 Å². The number of amides is 1. The van der Waals surface area contributed by atoms with E-state index < -0.39 is 0 Å². The van der Waals surface area contributed by atoms with E-state index in [1.54, 1.807) is 54.5 Å². The Morgan fingerprint density at radius 3 is 2.71 bits per heavy atom. The van der Waals surface area contributed by atoms with E-state index in [4.69, 9.17) is 16.3 Å². The lowest BCUT2D eigenvalue weighted by atomic mass is 10.2. The third-order valence-corrected chi connectivity index (χ3v) is 3.51. The van der Waals surface area contributed by atoms with Crippen molar-refractivity contribution < 1.29 is 9.53 Å². The molecule has 0 saturated heterocycles. The van der Waals surface area contributed by atoms with Crippen molar-refractivity contribution in [2.75, 3.05) is 20.2 Å². The molecule has 4 nitrogen and oxygen atoms in total. The lowest BCUT2D eigenvalue weighted by Crippen LogP contribution is -2.30. The van der Waals surface area contributed by atoms with Gasteiger partial charge in [-0.3, -0.25) is 4.79 Å². The summed E-state index contributed by atoms with van der Waals surface area (Å²) in [5, 5.41) is 0.665. The van der Waals surface area contributed by atoms with Gasteiger partial charge in [-0.25, -0.2) is 4.98 Å². The monoisotopic (exact) mass is 368 g/mol. The molecule has 2 rings (SSSR count). The van der Waals surface area contributed by atoms with Gasteiger partial charge >= 0.3 is 0 Å². The zero-order chi connectivity index (χ0) is 15.2. The number of aromatic nitrogens is 1. The average molecular weight is 370 g/mol. The molecule has 2 aromatic rings. The van der Waals surface area contributed by atoms with Crippen molar-refractivity contribution in [1.82, 2.24) is 9.88 Å². The van der Waals surface area contributed by atoms with Crippen molar-refractivity contribution in [3.63, 3.8) is 0 Å². The average Bonchev–Trinajstić information content (AvgIpc) is 2.48. The second-order valence-electron chi connectivity index (χ2n) is 4.40. The Hall–Kier alpha value is -1.59. The molecule has 21 heavy (non-hydrogen) atoms. The van der Waals surface area contributed by atoms with Gasteiger partial charge in [0.05, 0.1) is 6.54 Å². The lowest BCUT2D eigenvalue weighted by Gasteiger charge is -2.17. The number of rotatable bonds is 5. The molecule has 0 aliphatic carbocycles. The normalized spacial score (nSPS) is 10.2. The van der Waals surface area contributed by atoms with Crippen LogP contribution in [0.25, 0.3) is 0 Å². The number of ether oxygens (including phenoxy) is 1. The SMILES string of the molecule is CN(CCOc1ccc(Cl)cc1)C(=O)c1ccnc(Br)c1. The van der Waals surface area contributed by atoms with Crippen LogP contribution in [0.15, 0.2) is 47.2 Å². The van der Waals surface area contributed by atoms with Gasteiger partial charge in [0.25, 0.3) is 5.91 Å². The molecule has 0 radical (unpaired) electrons. The maximum absolute atomic E-state index is 12.2. The van der Waals surface area contributed by atoms with Gasteiger partial charge in [0.2, 0.25) is 0 Å². The summed E-state index contributed by atoms with van der Waals surface area (Å²) in [6.45, 7) is 0.900. The van der Waals surface area contributed by atoms with Crippen LogP contribution in [0, 0.1) is 0 Å². The van der Waals surface area contributed by atoms with Crippen molar-refractivity contribution in [2.24, 2.45) is 0 Å². The Morgan fingerprint density at radius 2 is 2.05 bits per heavy atom. The largest absolute Gasteiger partial charge is 0.492 e. The predicted octanol–water partition coefficient (Wildman–Crippen LogP) is 3.65. The molecular weight excluding hydrogens is 356 g/mol. The van der Waals surface area contributed by atoms with E-state index in [0.717, 1.165) is 5.75 Å². The zero-order valence-electron chi connectivity index (χ0n) is 11.4. The molecule has 0 saturated carbocycles. The molecule has 0 atom stereocenters. The van der Waals surface area contributed by atoms with E-state index in [-0.39, 0.29) is 5.91 Å². The van der Waals surface area contributed by atoms with Gasteiger partial charge in [-0.2, -0.15) is 0 Å². The Labute approximate surface area is 136 Å². The summed E-state index contributed by atoms with van der Waals surface area (Å²) in [4.78, 5) is 17.8. The van der Waals surface area contributed by atoms with Gasteiger partial charge in [-0.1, -0.05) is 11.6 Å². The van der Waals surface area contributed by atoms with Crippen LogP contribution < -0.4 is 4.74 Å². The van der Waals surface area contributed by atoms with E-state index >= 15 is 0 Å². The number of halogens is 2. The molecule has 0 N–H and O–H groups in total. The molecule has 1 aromatic heterocycles. The molecule has 0 aliphatic heterocycles. The van der Waals surface area contributed by atoms with Crippen LogP contribution >= 0.6 is 27.5 Å². The van der Waals surface area contributed by atoms with E-state index in [0.29, 0.717) is 28.3 Å². The van der Waals surface area contributed by atoms with Crippen LogP contribution in [-0.2, 0) is 0 Å². The van der Waals surface area contributed by atoms with Crippen molar-refractivity contribution >= 4 is 33.4 Å². The van der Waals surface area contributed by atoms with E-state index in [1.807, 2.05) is 0 Å². The smallest absolute Gasteiger partial charge is 0.253 e. The zero-order valence-corrected chi connectivity index (χ0v) is 13.8. The summed E-state index contributed by atoms with van der Waals surface area (Å²) < 4.78 is 6.21. The molecule has 0 spiro atoms. The first-order chi connectivity index (χ1) is 10.1. The first kappa shape index (κ1) is 15.8. The fourth-order valence-corrected chi connectivity index (χ4v) is 2.18. The minimum Gasteiger partial charge on any atom is -0.492 e. The highest BCUT2D eigenvalue weighted by Gasteiger charge is 2.12. The fourth-order valence-electron chi connectivity index (χ4n) is 1.69. The highest BCUT2D eigenvalue weighted by atomic mass is 79.9. The number of pyridine rings is 1. The van der Waals surface area contributed by atoms with Gasteiger partial charge in [0.1, 0.15) is 17.0 Å². The van der Waals surface area contributed by atoms with Crippen LogP contribution in [0.3, 0.4) is 0 Å². The summed E-state index contributed by atoms with van der Waals surface area (Å²) in [7, 11) is 1.74. The van der Waals surface area contributed by atoms with Gasteiger partial charge in [-0.15, -0.1) is 0 Å². The van der Waals surface area contributed by atoms with Gasteiger partial charge in [0.15, 0.2) is 0 Å². The number of hydrogen-bond acceptors (Lipinski definition) is 3. The second-order valence-corrected chi connectivity index (χ2v) is 5.65. The summed E-state index contributed by atoms with van der Waals surface area (Å²) in [6.07, 6.45) is 1.59. The summed E-state index contributed by atoms with van der Waals surface area (Å²) in [5.74, 6) is 0.657. The number of hydrogen-bond donors (Lipinski definition) is 0.